The van der Waals surface area contributed by atoms with Gasteiger partial charge in [-0.2, -0.15) is 0 Å². The van der Waals surface area contributed by atoms with Gasteiger partial charge in [-0.25, -0.2) is 4.98 Å². The van der Waals surface area contributed by atoms with Crippen molar-refractivity contribution in [2.75, 3.05) is 38.6 Å². The van der Waals surface area contributed by atoms with Crippen LogP contribution in [0, 0.1) is 0 Å². The zero-order chi connectivity index (χ0) is 59.7. The van der Waals surface area contributed by atoms with E-state index in [0.29, 0.717) is 55.0 Å². The Kier molecular flexibility index (Phi) is 27.4. The van der Waals surface area contributed by atoms with Crippen molar-refractivity contribution in [1.29, 1.82) is 0 Å². The van der Waals surface area contributed by atoms with Gasteiger partial charge in [0.15, 0.2) is 0 Å². The fraction of sp³-hybridized carbons (Fsp3) is 0.400. The molecule has 0 fully saturated rings. The lowest BCUT2D eigenvalue weighted by atomic mass is 10.1. The number of anilines is 1. The number of hydrogen-bond donors (Lipinski definition) is 17. The first-order chi connectivity index (χ1) is 37.6. The summed E-state index contributed by atoms with van der Waals surface area (Å²) in [5, 5.41) is 130. The van der Waals surface area contributed by atoms with Gasteiger partial charge in [0.25, 0.3) is 0 Å². The highest BCUT2D eigenvalue weighted by Gasteiger charge is 2.18. The fourth-order valence-electron chi connectivity index (χ4n) is 7.51. The Morgan fingerprint density at radius 2 is 0.938 bits per heavy atom. The zero-order valence-corrected chi connectivity index (χ0v) is 47.1. The van der Waals surface area contributed by atoms with Gasteiger partial charge in [0.2, 0.25) is 6.41 Å². The topological polar surface area (TPSA) is 342 Å². The number of carbonyl (C=O) groups excluding carboxylic acids is 1. The maximum atomic E-state index is 10.5. The number of rotatable bonds is 22. The van der Waals surface area contributed by atoms with E-state index in [-0.39, 0.29) is 81.4 Å². The van der Waals surface area contributed by atoms with Gasteiger partial charge in [-0.05, 0) is 169 Å². The van der Waals surface area contributed by atoms with Gasteiger partial charge >= 0.3 is 0 Å². The highest BCUT2D eigenvalue weighted by molar-refractivity contribution is 5.75. The average molecular weight is 1110 g/mol. The molecule has 0 aliphatic rings. The molecule has 17 N–H and O–H groups in total. The molecule has 4 unspecified atom stereocenters. The van der Waals surface area contributed by atoms with Crippen LogP contribution in [-0.2, 0) is 24.2 Å². The number of nitrogens with zero attached hydrogens (tertiary/aromatic N) is 1. The van der Waals surface area contributed by atoms with Gasteiger partial charge in [-0.1, -0.05) is 30.3 Å². The molecule has 5 aromatic carbocycles. The summed E-state index contributed by atoms with van der Waals surface area (Å²) >= 11 is 0. The number of benzene rings is 5. The lowest BCUT2D eigenvalue weighted by molar-refractivity contribution is -0.105. The number of phenolic OH excluding ortho intramolecular Hbond substituents is 6. The van der Waals surface area contributed by atoms with Crippen molar-refractivity contribution in [3.8, 4) is 46.0 Å². The molecule has 1 heterocycles. The highest BCUT2D eigenvalue weighted by atomic mass is 16.5. The summed E-state index contributed by atoms with van der Waals surface area (Å²) in [6.07, 6.45) is -1.01. The molecule has 1 amide bonds. The molecule has 0 radical (unpaired) electrons. The van der Waals surface area contributed by atoms with E-state index in [1.165, 1.54) is 54.1 Å². The smallest absolute Gasteiger partial charge is 0.211 e. The quantitative estimate of drug-likeness (QED) is 0.0255. The van der Waals surface area contributed by atoms with Crippen LogP contribution in [0.5, 0.6) is 46.0 Å². The molecule has 6 atom stereocenters. The van der Waals surface area contributed by atoms with Crippen LogP contribution in [0.25, 0.3) is 0 Å². The first-order valence-corrected chi connectivity index (χ1v) is 26.1. The van der Waals surface area contributed by atoms with Crippen LogP contribution < -0.4 is 31.3 Å². The van der Waals surface area contributed by atoms with E-state index in [4.69, 9.17) is 9.84 Å². The molecule has 0 bridgehead atoms. The SMILES string of the molecule is CC(C)(C)NCC(O)c1cc(O)cc(O)c1.CC(C)(C)NCC(O)c1ccc(O)c(CO)n1.CC(Cc1ccc(O)cc1)NCC(O)c1cc(O)cc(O)c1.COc1ccc(C[C@@H](C)NC[C@H](O)c2ccc(O)c(NC=O)c2)cc1. The van der Waals surface area contributed by atoms with Crippen LogP contribution in [0.1, 0.15) is 119 Å². The van der Waals surface area contributed by atoms with Crippen molar-refractivity contribution in [2.24, 2.45) is 0 Å². The molecule has 20 nitrogen and oxygen atoms in total. The Morgan fingerprint density at radius 3 is 1.38 bits per heavy atom. The van der Waals surface area contributed by atoms with Gasteiger partial charge in [-0.3, -0.25) is 4.79 Å². The molecule has 0 aliphatic carbocycles. The summed E-state index contributed by atoms with van der Waals surface area (Å²) in [5.74, 6) is 0.707. The van der Waals surface area contributed by atoms with Crippen molar-refractivity contribution in [3.63, 3.8) is 0 Å². The number of aromatic nitrogens is 1. The average Bonchev–Trinajstić information content (AvgIpc) is 3.39. The Morgan fingerprint density at radius 1 is 0.512 bits per heavy atom. The van der Waals surface area contributed by atoms with E-state index in [1.807, 2.05) is 91.8 Å². The van der Waals surface area contributed by atoms with Gasteiger partial charge in [0.05, 0.1) is 43.4 Å². The van der Waals surface area contributed by atoms with Crippen molar-refractivity contribution in [2.45, 2.75) is 122 Å². The number of phenols is 6. The molecule has 0 saturated carbocycles. The molecule has 0 aliphatic heterocycles. The van der Waals surface area contributed by atoms with Crippen LogP contribution in [0.4, 0.5) is 5.69 Å². The minimum absolute atomic E-state index is 0.0381. The van der Waals surface area contributed by atoms with Gasteiger partial charge in [-0.15, -0.1) is 0 Å². The number of aliphatic hydroxyl groups excluding tert-OH is 5. The predicted octanol–water partition coefficient (Wildman–Crippen LogP) is 6.50. The summed E-state index contributed by atoms with van der Waals surface area (Å²) in [6.45, 7) is 17.1. The van der Waals surface area contributed by atoms with Crippen LogP contribution in [0.15, 0.2) is 115 Å². The van der Waals surface area contributed by atoms with Crippen LogP contribution >= 0.6 is 0 Å². The third-order valence-electron chi connectivity index (χ3n) is 11.9. The summed E-state index contributed by atoms with van der Waals surface area (Å²) in [7, 11) is 1.64. The van der Waals surface area contributed by atoms with Crippen molar-refractivity contribution in [1.82, 2.24) is 26.3 Å². The number of aromatic hydroxyl groups is 7. The number of aliphatic hydroxyl groups is 5. The van der Waals surface area contributed by atoms with E-state index in [2.05, 4.69) is 31.6 Å². The monoisotopic (exact) mass is 1110 g/mol. The number of β-amino-alcohol motifs (C(OH)–C–C–N with tert-alkyl or cyclic N) is 2. The summed E-state index contributed by atoms with van der Waals surface area (Å²) in [5.41, 5.74) is 4.55. The minimum Gasteiger partial charge on any atom is -0.508 e. The van der Waals surface area contributed by atoms with Gasteiger partial charge in [0.1, 0.15) is 57.8 Å². The lowest BCUT2D eigenvalue weighted by Gasteiger charge is -2.23. The summed E-state index contributed by atoms with van der Waals surface area (Å²) in [6, 6.07) is 31.0. The van der Waals surface area contributed by atoms with E-state index in [9.17, 15) is 61.0 Å². The van der Waals surface area contributed by atoms with Crippen LogP contribution in [0.3, 0.4) is 0 Å². The van der Waals surface area contributed by atoms with Gasteiger partial charge < -0.3 is 92.6 Å². The maximum Gasteiger partial charge on any atom is 0.211 e. The van der Waals surface area contributed by atoms with Crippen LogP contribution in [0.2, 0.25) is 0 Å². The summed E-state index contributed by atoms with van der Waals surface area (Å²) in [4.78, 5) is 14.5. The first-order valence-electron chi connectivity index (χ1n) is 26.1. The van der Waals surface area contributed by atoms with Crippen molar-refractivity contribution >= 4 is 12.1 Å². The lowest BCUT2D eigenvalue weighted by Crippen LogP contribution is -2.38. The number of nitrogens with one attached hydrogen (secondary N) is 5. The number of amides is 1. The second-order valence-corrected chi connectivity index (χ2v) is 21.3. The van der Waals surface area contributed by atoms with E-state index in [1.54, 1.807) is 37.4 Å². The molecule has 0 saturated heterocycles. The molecular weight excluding hydrogens is 1030 g/mol. The van der Waals surface area contributed by atoms with Crippen molar-refractivity contribution in [3.05, 3.63) is 154 Å². The first kappa shape index (κ1) is 67.0. The zero-order valence-electron chi connectivity index (χ0n) is 47.1. The van der Waals surface area contributed by atoms with Gasteiger partial charge in [0, 0.05) is 61.5 Å². The van der Waals surface area contributed by atoms with Crippen molar-refractivity contribution < 1.29 is 70.8 Å². The Balaban J connectivity index is 0.000000285. The predicted molar refractivity (Wildman–Crippen MR) is 308 cm³/mol. The molecule has 6 rings (SSSR count). The normalized spacial score (nSPS) is 13.5. The molecule has 20 heteroatoms. The molecule has 6 aromatic rings. The standard InChI is InChI=1S/C19H24N2O4.C17H21NO4.C12H20N2O3.C12H19NO3/c1-13(9-14-3-6-16(25-2)7-4-14)20-11-19(24)15-5-8-18(23)17(10-15)21-12-22;1-11(6-12-2-4-14(19)5-3-12)18-10-17(22)13-7-15(20)9-16(21)8-13;1-12(2,3)13-6-11(17)8-4-5-10(16)9(7-15)14-8;1-12(2,3)13-7-11(16)8-4-9(14)6-10(15)5-8/h3-8,10,12-13,19-20,23-24H,9,11H2,1-2H3,(H,21,22);2-5,7-9,11,17-22H,6,10H2,1H3;4-5,11,13,15-17H,6-7H2,1-3H3;4-6,11,13-16H,7H2,1-3H3/t13-,19+;;;/m1.../s1. The molecule has 80 heavy (non-hydrogen) atoms. The Hall–Kier alpha value is -7.24. The molecule has 438 valence electrons. The van der Waals surface area contributed by atoms with E-state index < -0.39 is 24.4 Å². The van der Waals surface area contributed by atoms with E-state index in [0.717, 1.165) is 24.2 Å². The second kappa shape index (κ2) is 32.7. The molecule has 1 aromatic heterocycles. The number of carbonyl (C=O) groups is 1. The minimum atomic E-state index is -0.819. The maximum absolute atomic E-state index is 10.5. The second-order valence-electron chi connectivity index (χ2n) is 21.3. The third kappa shape index (κ3) is 25.7. The summed E-state index contributed by atoms with van der Waals surface area (Å²) < 4.78 is 5.14. The fourth-order valence-corrected chi connectivity index (χ4v) is 7.51. The Labute approximate surface area is 469 Å². The number of methoxy groups -OCH3 is 1. The molecule has 0 spiro atoms. The van der Waals surface area contributed by atoms with Crippen LogP contribution in [-0.4, -0.2) is 129 Å². The number of hydrogen-bond acceptors (Lipinski definition) is 19. The largest absolute Gasteiger partial charge is 0.508 e. The number of ether oxygens (including phenoxy) is 1. The number of pyridine rings is 1. The van der Waals surface area contributed by atoms with E-state index >= 15 is 0 Å². The molecular formula is C60H84N6O14. The highest BCUT2D eigenvalue weighted by Crippen LogP contribution is 2.28. The Bertz CT molecular complexity index is 2730. The third-order valence-corrected chi connectivity index (χ3v) is 11.9.